The molecule has 1 fully saturated rings. The Hall–Kier alpha value is -1.04. The molecule has 1 aromatic rings. The molecule has 1 N–H and O–H groups in total. The zero-order chi connectivity index (χ0) is 14.7. The van der Waals surface area contributed by atoms with Gasteiger partial charge in [-0.05, 0) is 31.9 Å². The highest BCUT2D eigenvalue weighted by molar-refractivity contribution is 8.14. The van der Waals surface area contributed by atoms with Gasteiger partial charge in [0.05, 0.1) is 18.8 Å². The molecule has 0 spiro atoms. The van der Waals surface area contributed by atoms with E-state index in [9.17, 15) is 0 Å². The van der Waals surface area contributed by atoms with Gasteiger partial charge < -0.3 is 14.8 Å². The molecule has 1 unspecified atom stereocenters. The van der Waals surface area contributed by atoms with Gasteiger partial charge in [-0.15, -0.1) is 0 Å². The first-order valence-electron chi connectivity index (χ1n) is 7.51. The van der Waals surface area contributed by atoms with E-state index in [2.05, 4.69) is 31.3 Å². The second-order valence-electron chi connectivity index (χ2n) is 5.69. The maximum atomic E-state index is 5.50. The van der Waals surface area contributed by atoms with E-state index in [0.717, 1.165) is 35.0 Å². The highest BCUT2D eigenvalue weighted by Gasteiger charge is 2.26. The van der Waals surface area contributed by atoms with E-state index >= 15 is 0 Å². The van der Waals surface area contributed by atoms with Gasteiger partial charge in [-0.1, -0.05) is 30.8 Å². The predicted octanol–water partition coefficient (Wildman–Crippen LogP) is 3.81. The van der Waals surface area contributed by atoms with Crippen molar-refractivity contribution in [2.75, 3.05) is 24.3 Å². The topological polar surface area (TPSA) is 42.8 Å². The quantitative estimate of drug-likeness (QED) is 0.922. The van der Waals surface area contributed by atoms with E-state index in [0.29, 0.717) is 13.2 Å². The fraction of sp³-hybridized carbons (Fsp3) is 0.562. The van der Waals surface area contributed by atoms with E-state index in [-0.39, 0.29) is 11.8 Å². The van der Waals surface area contributed by atoms with Crippen molar-refractivity contribution < 1.29 is 9.47 Å². The molecule has 2 aliphatic rings. The van der Waals surface area contributed by atoms with Gasteiger partial charge in [0.2, 0.25) is 0 Å². The van der Waals surface area contributed by atoms with Crippen LogP contribution in [0.15, 0.2) is 29.3 Å². The molecule has 0 bridgehead atoms. The molecule has 1 aromatic carbocycles. The van der Waals surface area contributed by atoms with E-state index in [1.54, 1.807) is 11.8 Å². The maximum absolute atomic E-state index is 5.50. The summed E-state index contributed by atoms with van der Waals surface area (Å²) in [6.07, 6.45) is 2.02. The van der Waals surface area contributed by atoms with E-state index in [4.69, 9.17) is 14.5 Å². The van der Waals surface area contributed by atoms with Crippen LogP contribution in [-0.4, -0.2) is 29.7 Å². The first kappa shape index (κ1) is 14.9. The largest absolute Gasteiger partial charge is 0.346 e. The van der Waals surface area contributed by atoms with Crippen LogP contribution in [0.4, 0.5) is 5.69 Å². The maximum Gasteiger partial charge on any atom is 0.184 e. The van der Waals surface area contributed by atoms with Crippen LogP contribution >= 0.6 is 11.8 Å². The van der Waals surface area contributed by atoms with Crippen LogP contribution in [0, 0.1) is 0 Å². The number of rotatable bonds is 3. The fourth-order valence-electron chi connectivity index (χ4n) is 2.42. The summed E-state index contributed by atoms with van der Waals surface area (Å²) < 4.78 is 11.0. The summed E-state index contributed by atoms with van der Waals surface area (Å²) in [5.74, 6) is 1.12. The van der Waals surface area contributed by atoms with Crippen molar-refractivity contribution in [1.82, 2.24) is 0 Å². The Morgan fingerprint density at radius 1 is 1.29 bits per heavy atom. The molecule has 0 radical (unpaired) electrons. The highest BCUT2D eigenvalue weighted by atomic mass is 32.2. The Kier molecular flexibility index (Phi) is 4.52. The fourth-order valence-corrected chi connectivity index (χ4v) is 3.63. The summed E-state index contributed by atoms with van der Waals surface area (Å²) in [4.78, 5) is 4.85. The van der Waals surface area contributed by atoms with Crippen molar-refractivity contribution in [1.29, 1.82) is 0 Å². The van der Waals surface area contributed by atoms with Gasteiger partial charge in [0, 0.05) is 17.0 Å². The SMILES string of the molecule is CCC1(C)CCSC(Nc2ccc(C3OCCO3)cc2)=N1. The molecule has 4 nitrogen and oxygen atoms in total. The van der Waals surface area contributed by atoms with Gasteiger partial charge >= 0.3 is 0 Å². The van der Waals surface area contributed by atoms with Crippen LogP contribution in [0.25, 0.3) is 0 Å². The summed E-state index contributed by atoms with van der Waals surface area (Å²) >= 11 is 1.79. The minimum atomic E-state index is -0.205. The summed E-state index contributed by atoms with van der Waals surface area (Å²) in [6.45, 7) is 5.78. The second-order valence-corrected chi connectivity index (χ2v) is 6.77. The summed E-state index contributed by atoms with van der Waals surface area (Å²) in [7, 11) is 0. The Morgan fingerprint density at radius 2 is 2.00 bits per heavy atom. The lowest BCUT2D eigenvalue weighted by molar-refractivity contribution is -0.0441. The van der Waals surface area contributed by atoms with Crippen LogP contribution in [-0.2, 0) is 9.47 Å². The number of thioether (sulfide) groups is 1. The molecular weight excluding hydrogens is 284 g/mol. The zero-order valence-electron chi connectivity index (χ0n) is 12.6. The molecule has 0 amide bonds. The first-order chi connectivity index (χ1) is 10.2. The third-order valence-corrected chi connectivity index (χ3v) is 4.94. The number of hydrogen-bond donors (Lipinski definition) is 1. The van der Waals surface area contributed by atoms with E-state index in [1.807, 2.05) is 12.1 Å². The number of amidine groups is 1. The monoisotopic (exact) mass is 306 g/mol. The van der Waals surface area contributed by atoms with Gasteiger partial charge in [0.25, 0.3) is 0 Å². The number of benzene rings is 1. The minimum Gasteiger partial charge on any atom is -0.346 e. The standard InChI is InChI=1S/C16H22N2O2S/c1-3-16(2)8-11-21-15(18-16)17-13-6-4-12(5-7-13)14-19-9-10-20-14/h4-7,14H,3,8-11H2,1-2H3,(H,17,18). The predicted molar refractivity (Wildman–Crippen MR) is 87.9 cm³/mol. The molecular formula is C16H22N2O2S. The van der Waals surface area contributed by atoms with Crippen molar-refractivity contribution in [2.45, 2.75) is 38.5 Å². The van der Waals surface area contributed by atoms with Crippen molar-refractivity contribution in [2.24, 2.45) is 4.99 Å². The van der Waals surface area contributed by atoms with Crippen LogP contribution in [0.3, 0.4) is 0 Å². The van der Waals surface area contributed by atoms with Gasteiger partial charge in [-0.3, -0.25) is 4.99 Å². The number of aliphatic imine (C=N–C) groups is 1. The molecule has 3 rings (SSSR count). The number of ether oxygens (including phenoxy) is 2. The smallest absolute Gasteiger partial charge is 0.184 e. The number of nitrogens with zero attached hydrogens (tertiary/aromatic N) is 1. The minimum absolute atomic E-state index is 0.0824. The van der Waals surface area contributed by atoms with Crippen LogP contribution < -0.4 is 5.32 Å². The lowest BCUT2D eigenvalue weighted by Gasteiger charge is -2.29. The summed E-state index contributed by atoms with van der Waals surface area (Å²) in [5, 5.41) is 4.44. The average molecular weight is 306 g/mol. The Balaban J connectivity index is 1.67. The van der Waals surface area contributed by atoms with Gasteiger partial charge in [-0.25, -0.2) is 0 Å². The van der Waals surface area contributed by atoms with Crippen LogP contribution in [0.5, 0.6) is 0 Å². The second kappa shape index (κ2) is 6.38. The summed E-state index contributed by atoms with van der Waals surface area (Å²) in [5.41, 5.74) is 2.21. The van der Waals surface area contributed by atoms with E-state index in [1.165, 1.54) is 0 Å². The van der Waals surface area contributed by atoms with Crippen LogP contribution in [0.2, 0.25) is 0 Å². The lowest BCUT2D eigenvalue weighted by atomic mass is 9.97. The number of nitrogens with one attached hydrogen (secondary N) is 1. The first-order valence-corrected chi connectivity index (χ1v) is 8.50. The molecule has 1 saturated heterocycles. The number of hydrogen-bond acceptors (Lipinski definition) is 5. The third kappa shape index (κ3) is 3.59. The molecule has 0 saturated carbocycles. The van der Waals surface area contributed by atoms with Gasteiger partial charge in [0.15, 0.2) is 11.5 Å². The van der Waals surface area contributed by atoms with Crippen molar-refractivity contribution >= 4 is 22.6 Å². The van der Waals surface area contributed by atoms with Crippen molar-refractivity contribution in [3.63, 3.8) is 0 Å². The zero-order valence-corrected chi connectivity index (χ0v) is 13.4. The average Bonchev–Trinajstić information content (AvgIpc) is 3.02. The van der Waals surface area contributed by atoms with Crippen LogP contribution in [0.1, 0.15) is 38.5 Å². The molecule has 2 heterocycles. The highest BCUT2D eigenvalue weighted by Crippen LogP contribution is 2.30. The lowest BCUT2D eigenvalue weighted by Crippen LogP contribution is -2.29. The molecule has 21 heavy (non-hydrogen) atoms. The molecule has 0 aromatic heterocycles. The molecule has 0 aliphatic carbocycles. The van der Waals surface area contributed by atoms with Crippen molar-refractivity contribution in [3.8, 4) is 0 Å². The normalized spacial score (nSPS) is 26.7. The van der Waals surface area contributed by atoms with Gasteiger partial charge in [-0.2, -0.15) is 0 Å². The number of anilines is 1. The Labute approximate surface area is 130 Å². The van der Waals surface area contributed by atoms with E-state index < -0.39 is 0 Å². The molecule has 2 aliphatic heterocycles. The Morgan fingerprint density at radius 3 is 2.67 bits per heavy atom. The molecule has 114 valence electrons. The summed E-state index contributed by atoms with van der Waals surface area (Å²) in [6, 6.07) is 8.21. The van der Waals surface area contributed by atoms with Crippen molar-refractivity contribution in [3.05, 3.63) is 29.8 Å². The molecule has 1 atom stereocenters. The Bertz CT molecular complexity index is 512. The third-order valence-electron chi connectivity index (χ3n) is 4.07. The van der Waals surface area contributed by atoms with Gasteiger partial charge in [0.1, 0.15) is 0 Å². The molecule has 5 heteroatoms.